The Bertz CT molecular complexity index is 778. The summed E-state index contributed by atoms with van der Waals surface area (Å²) in [6.07, 6.45) is 9.22. The van der Waals surface area contributed by atoms with Crippen molar-refractivity contribution in [1.29, 1.82) is 0 Å². The minimum atomic E-state index is -0.552. The molecule has 1 amide bonds. The van der Waals surface area contributed by atoms with Gasteiger partial charge in [0.05, 0.1) is 37.8 Å². The van der Waals surface area contributed by atoms with Crippen LogP contribution in [0.2, 0.25) is 0 Å². The molecular formula is C28H49N5O3. The highest BCUT2D eigenvalue weighted by Crippen LogP contribution is 2.28. The number of aliphatic imine (C=N–C) groups is 1. The van der Waals surface area contributed by atoms with E-state index in [-0.39, 0.29) is 18.3 Å². The maximum atomic E-state index is 13.0. The Morgan fingerprint density at radius 3 is 2.42 bits per heavy atom. The largest absolute Gasteiger partial charge is 0.469 e. The molecule has 0 atom stereocenters. The summed E-state index contributed by atoms with van der Waals surface area (Å²) < 4.78 is 4.63. The van der Waals surface area contributed by atoms with Crippen molar-refractivity contribution in [3.05, 3.63) is 36.2 Å². The first-order valence-corrected chi connectivity index (χ1v) is 13.3. The molecule has 1 aliphatic rings. The predicted octanol–water partition coefficient (Wildman–Crippen LogP) is 3.87. The summed E-state index contributed by atoms with van der Waals surface area (Å²) in [5.74, 6) is -0.159. The number of esters is 1. The normalized spacial score (nSPS) is 15.0. The Morgan fingerprint density at radius 1 is 1.14 bits per heavy atom. The van der Waals surface area contributed by atoms with Crippen LogP contribution in [0.5, 0.6) is 0 Å². The SMILES string of the molecule is C=C(/C=C(/NCCCN1CCCCC1)C(=C)NC=NCCC(=O)OC)CC(C)(C)C(=O)N(CC)CC. The number of ether oxygens (including phenoxy) is 1. The summed E-state index contributed by atoms with van der Waals surface area (Å²) in [7, 11) is 1.36. The van der Waals surface area contributed by atoms with Crippen molar-refractivity contribution in [2.75, 3.05) is 52.9 Å². The lowest BCUT2D eigenvalue weighted by atomic mass is 9.84. The topological polar surface area (TPSA) is 86.3 Å². The van der Waals surface area contributed by atoms with Crippen molar-refractivity contribution in [2.45, 2.75) is 66.2 Å². The van der Waals surface area contributed by atoms with Crippen molar-refractivity contribution in [3.8, 4) is 0 Å². The highest BCUT2D eigenvalue weighted by molar-refractivity contribution is 5.82. The van der Waals surface area contributed by atoms with Crippen LogP contribution < -0.4 is 10.6 Å². The van der Waals surface area contributed by atoms with Crippen LogP contribution in [-0.4, -0.2) is 80.9 Å². The molecule has 0 radical (unpaired) electrons. The fraction of sp³-hybridized carbons (Fsp3) is 0.679. The Balaban J connectivity index is 2.80. The first-order chi connectivity index (χ1) is 17.1. The van der Waals surface area contributed by atoms with Gasteiger partial charge in [0.2, 0.25) is 5.91 Å². The Hall–Kier alpha value is -2.61. The molecule has 36 heavy (non-hydrogen) atoms. The minimum Gasteiger partial charge on any atom is -0.469 e. The van der Waals surface area contributed by atoms with Crippen molar-refractivity contribution in [2.24, 2.45) is 10.4 Å². The highest BCUT2D eigenvalue weighted by atomic mass is 16.5. The van der Waals surface area contributed by atoms with Gasteiger partial charge in [-0.15, -0.1) is 0 Å². The van der Waals surface area contributed by atoms with E-state index in [9.17, 15) is 9.59 Å². The van der Waals surface area contributed by atoms with E-state index in [4.69, 9.17) is 0 Å². The smallest absolute Gasteiger partial charge is 0.307 e. The highest BCUT2D eigenvalue weighted by Gasteiger charge is 2.31. The summed E-state index contributed by atoms with van der Waals surface area (Å²) in [6.45, 7) is 22.3. The van der Waals surface area contributed by atoms with Crippen LogP contribution in [0.4, 0.5) is 0 Å². The molecule has 0 aliphatic carbocycles. The summed E-state index contributed by atoms with van der Waals surface area (Å²) in [5.41, 5.74) is 1.78. The number of amides is 1. The molecule has 1 rings (SSSR count). The summed E-state index contributed by atoms with van der Waals surface area (Å²) in [5, 5.41) is 6.60. The van der Waals surface area contributed by atoms with E-state index in [0.717, 1.165) is 30.8 Å². The van der Waals surface area contributed by atoms with E-state index in [1.54, 1.807) is 6.34 Å². The van der Waals surface area contributed by atoms with Gasteiger partial charge in [-0.1, -0.05) is 39.0 Å². The van der Waals surface area contributed by atoms with Gasteiger partial charge >= 0.3 is 5.97 Å². The van der Waals surface area contributed by atoms with Gasteiger partial charge in [-0.25, -0.2) is 0 Å². The third-order valence-corrected chi connectivity index (χ3v) is 6.39. The van der Waals surface area contributed by atoms with Gasteiger partial charge < -0.3 is 25.2 Å². The molecule has 1 saturated heterocycles. The van der Waals surface area contributed by atoms with Crippen LogP contribution in [0, 0.1) is 5.41 Å². The maximum Gasteiger partial charge on any atom is 0.307 e. The molecule has 8 heteroatoms. The number of carbonyl (C=O) groups excluding carboxylic acids is 2. The van der Waals surface area contributed by atoms with Crippen LogP contribution in [0.15, 0.2) is 41.2 Å². The number of nitrogens with zero attached hydrogens (tertiary/aromatic N) is 3. The molecule has 2 N–H and O–H groups in total. The fourth-order valence-corrected chi connectivity index (χ4v) is 4.31. The molecule has 1 fully saturated rings. The molecule has 0 bridgehead atoms. The van der Waals surface area contributed by atoms with Crippen LogP contribution in [-0.2, 0) is 14.3 Å². The molecule has 1 heterocycles. The zero-order chi connectivity index (χ0) is 27.0. The van der Waals surface area contributed by atoms with Crippen LogP contribution in [0.1, 0.15) is 66.2 Å². The number of rotatable bonds is 17. The monoisotopic (exact) mass is 503 g/mol. The third-order valence-electron chi connectivity index (χ3n) is 6.39. The third kappa shape index (κ3) is 11.9. The number of nitrogens with one attached hydrogen (secondary N) is 2. The fourth-order valence-electron chi connectivity index (χ4n) is 4.31. The summed E-state index contributed by atoms with van der Waals surface area (Å²) >= 11 is 0. The van der Waals surface area contributed by atoms with E-state index in [0.29, 0.717) is 31.8 Å². The van der Waals surface area contributed by atoms with Crippen molar-refractivity contribution in [1.82, 2.24) is 20.4 Å². The number of methoxy groups -OCH3 is 1. The Kier molecular flexibility index (Phi) is 14.8. The second-order valence-electron chi connectivity index (χ2n) is 9.92. The molecule has 0 spiro atoms. The molecule has 0 aromatic heterocycles. The molecule has 204 valence electrons. The van der Waals surface area contributed by atoms with Crippen LogP contribution >= 0.6 is 0 Å². The van der Waals surface area contributed by atoms with Gasteiger partial charge in [-0.2, -0.15) is 0 Å². The molecule has 0 saturated carbocycles. The summed E-state index contributed by atoms with van der Waals surface area (Å²) in [6, 6.07) is 0. The number of carbonyl (C=O) groups is 2. The molecular weight excluding hydrogens is 454 g/mol. The van der Waals surface area contributed by atoms with Crippen LogP contribution in [0.25, 0.3) is 0 Å². The summed E-state index contributed by atoms with van der Waals surface area (Å²) in [4.78, 5) is 32.8. The van der Waals surface area contributed by atoms with E-state index >= 15 is 0 Å². The number of piperidine rings is 1. The van der Waals surface area contributed by atoms with Gasteiger partial charge in [-0.3, -0.25) is 14.6 Å². The first-order valence-electron chi connectivity index (χ1n) is 13.3. The van der Waals surface area contributed by atoms with E-state index in [1.165, 1.54) is 39.5 Å². The number of likely N-dealkylation sites (tertiary alicyclic amines) is 1. The maximum absolute atomic E-state index is 13.0. The minimum absolute atomic E-state index is 0.132. The number of hydrogen-bond donors (Lipinski definition) is 2. The van der Waals surface area contributed by atoms with Gasteiger partial charge in [-0.05, 0) is 65.2 Å². The van der Waals surface area contributed by atoms with E-state index in [2.05, 4.69) is 38.4 Å². The second kappa shape index (κ2) is 17.0. The lowest BCUT2D eigenvalue weighted by Gasteiger charge is -2.31. The zero-order valence-electron chi connectivity index (χ0n) is 23.3. The molecule has 0 aromatic rings. The quantitative estimate of drug-likeness (QED) is 0.103. The van der Waals surface area contributed by atoms with Crippen molar-refractivity contribution in [3.63, 3.8) is 0 Å². The average molecular weight is 504 g/mol. The van der Waals surface area contributed by atoms with Gasteiger partial charge in [0.15, 0.2) is 0 Å². The van der Waals surface area contributed by atoms with Gasteiger partial charge in [0.1, 0.15) is 0 Å². The Morgan fingerprint density at radius 2 is 1.81 bits per heavy atom. The lowest BCUT2D eigenvalue weighted by Crippen LogP contribution is -2.40. The number of hydrogen-bond acceptors (Lipinski definition) is 6. The van der Waals surface area contributed by atoms with E-state index in [1.807, 2.05) is 38.7 Å². The van der Waals surface area contributed by atoms with E-state index < -0.39 is 5.41 Å². The van der Waals surface area contributed by atoms with Crippen molar-refractivity contribution < 1.29 is 14.3 Å². The molecule has 0 aromatic carbocycles. The van der Waals surface area contributed by atoms with Crippen molar-refractivity contribution >= 4 is 18.2 Å². The first kappa shape index (κ1) is 31.4. The molecule has 8 nitrogen and oxygen atoms in total. The van der Waals surface area contributed by atoms with Gasteiger partial charge in [0.25, 0.3) is 0 Å². The van der Waals surface area contributed by atoms with Gasteiger partial charge in [0, 0.05) is 25.0 Å². The zero-order valence-corrected chi connectivity index (χ0v) is 23.3. The van der Waals surface area contributed by atoms with Crippen LogP contribution in [0.3, 0.4) is 0 Å². The molecule has 0 unspecified atom stereocenters. The predicted molar refractivity (Wildman–Crippen MR) is 149 cm³/mol. The Labute approximate surface area is 218 Å². The molecule has 1 aliphatic heterocycles. The second-order valence-corrected chi connectivity index (χ2v) is 9.92. The number of allylic oxidation sites excluding steroid dienone is 2. The standard InChI is InChI=1S/C28H49N5O3/c1-8-33(9-2)27(35)28(5,6)21-23(3)20-25(24(4)31-22-29-16-14-26(34)36-7)30-15-13-19-32-17-11-10-12-18-32/h20,22,30H,3-4,8-19,21H2,1-2,5-7H3,(H,29,31)/b25-20+. The lowest BCUT2D eigenvalue weighted by molar-refractivity contribution is -0.140. The average Bonchev–Trinajstić information content (AvgIpc) is 2.86.